The fourth-order valence-corrected chi connectivity index (χ4v) is 5.48. The molecule has 2 saturated heterocycles. The third-order valence-corrected chi connectivity index (χ3v) is 7.09. The third kappa shape index (κ3) is 4.05. The Morgan fingerprint density at radius 3 is 2.55 bits per heavy atom. The Hall–Kier alpha value is -2.31. The fraction of sp³-hybridized carbons (Fsp3) is 0.435. The van der Waals surface area contributed by atoms with Crippen LogP contribution in [-0.2, 0) is 17.9 Å². The van der Waals surface area contributed by atoms with E-state index >= 15 is 0 Å². The van der Waals surface area contributed by atoms with Gasteiger partial charge in [0.25, 0.3) is 0 Å². The van der Waals surface area contributed by atoms with Gasteiger partial charge in [-0.1, -0.05) is 12.1 Å². The van der Waals surface area contributed by atoms with Crippen LogP contribution in [0.15, 0.2) is 47.1 Å². The first-order chi connectivity index (χ1) is 14.3. The lowest BCUT2D eigenvalue weighted by Crippen LogP contribution is -2.45. The highest BCUT2D eigenvalue weighted by Gasteiger charge is 2.21. The Balaban J connectivity index is 1.17. The molecule has 2 fully saturated rings. The zero-order valence-electron chi connectivity index (χ0n) is 16.7. The second-order valence-electron chi connectivity index (χ2n) is 8.02. The maximum Gasteiger partial charge on any atom is 0.222 e. The lowest BCUT2D eigenvalue weighted by atomic mass is 10.1. The number of nitrogens with zero attached hydrogens (tertiary/aromatic N) is 3. The predicted octanol–water partition coefficient (Wildman–Crippen LogP) is 4.33. The molecule has 2 aromatic heterocycles. The number of carbonyl (C=O) groups excluding carboxylic acids is 1. The van der Waals surface area contributed by atoms with Gasteiger partial charge in [-0.15, -0.1) is 11.3 Å². The van der Waals surface area contributed by atoms with Gasteiger partial charge in [-0.05, 0) is 37.1 Å². The number of anilines is 1. The third-order valence-electron chi connectivity index (χ3n) is 6.04. The number of para-hydroxylation sites is 1. The lowest BCUT2D eigenvalue weighted by Gasteiger charge is -2.35. The van der Waals surface area contributed by atoms with E-state index in [1.54, 1.807) is 6.26 Å². The standard InChI is InChI=1S/C23H27N3O2S/c27-22-6-1-2-10-26(22)17-20-8-7-19(29-20)16-24-11-13-25(14-12-24)21-5-3-4-18-9-15-28-23(18)21/h3-5,7-9,15H,1-2,6,10-14,16-17H2. The minimum absolute atomic E-state index is 0.314. The molecule has 152 valence electrons. The summed E-state index contributed by atoms with van der Waals surface area (Å²) in [6, 6.07) is 12.8. The van der Waals surface area contributed by atoms with E-state index in [4.69, 9.17) is 4.42 Å². The first kappa shape index (κ1) is 18.7. The molecule has 6 heteroatoms. The van der Waals surface area contributed by atoms with Crippen LogP contribution in [0, 0.1) is 0 Å². The van der Waals surface area contributed by atoms with Crippen LogP contribution in [0.4, 0.5) is 5.69 Å². The molecule has 0 spiro atoms. The number of fused-ring (bicyclic) bond motifs is 1. The van der Waals surface area contributed by atoms with E-state index in [-0.39, 0.29) is 0 Å². The van der Waals surface area contributed by atoms with Gasteiger partial charge in [0.15, 0.2) is 5.58 Å². The van der Waals surface area contributed by atoms with E-state index in [0.717, 1.165) is 64.2 Å². The number of amides is 1. The van der Waals surface area contributed by atoms with Crippen molar-refractivity contribution in [3.8, 4) is 0 Å². The minimum atomic E-state index is 0.314. The molecule has 3 aromatic rings. The highest BCUT2D eigenvalue weighted by atomic mass is 32.1. The molecule has 0 unspecified atom stereocenters. The number of piperazine rings is 1. The Labute approximate surface area is 175 Å². The summed E-state index contributed by atoms with van der Waals surface area (Å²) in [6.45, 7) is 6.82. The molecule has 0 N–H and O–H groups in total. The van der Waals surface area contributed by atoms with E-state index in [9.17, 15) is 4.79 Å². The maximum absolute atomic E-state index is 12.0. The molecule has 0 saturated carbocycles. The number of thiophene rings is 1. The summed E-state index contributed by atoms with van der Waals surface area (Å²) in [5.74, 6) is 0.314. The Bertz CT molecular complexity index is 987. The topological polar surface area (TPSA) is 39.9 Å². The summed E-state index contributed by atoms with van der Waals surface area (Å²) in [5.41, 5.74) is 2.20. The number of likely N-dealkylation sites (tertiary alicyclic amines) is 1. The van der Waals surface area contributed by atoms with Crippen molar-refractivity contribution in [2.75, 3.05) is 37.6 Å². The van der Waals surface area contributed by atoms with Gasteiger partial charge in [-0.2, -0.15) is 0 Å². The second kappa shape index (κ2) is 8.20. The molecular formula is C23H27N3O2S. The number of hydrogen-bond donors (Lipinski definition) is 0. The average Bonchev–Trinajstić information content (AvgIpc) is 3.39. The fourth-order valence-electron chi connectivity index (χ4n) is 4.40. The summed E-state index contributed by atoms with van der Waals surface area (Å²) in [5, 5.41) is 1.17. The molecule has 0 aliphatic carbocycles. The number of furan rings is 1. The van der Waals surface area contributed by atoms with Crippen LogP contribution >= 0.6 is 11.3 Å². The van der Waals surface area contributed by atoms with Crippen molar-refractivity contribution in [2.45, 2.75) is 32.4 Å². The molecule has 0 atom stereocenters. The van der Waals surface area contributed by atoms with Crippen LogP contribution in [0.5, 0.6) is 0 Å². The minimum Gasteiger partial charge on any atom is -0.462 e. The molecule has 2 aliphatic heterocycles. The van der Waals surface area contributed by atoms with Crippen LogP contribution < -0.4 is 4.90 Å². The van der Waals surface area contributed by atoms with Crippen molar-refractivity contribution >= 4 is 33.9 Å². The number of carbonyl (C=O) groups is 1. The van der Waals surface area contributed by atoms with Gasteiger partial charge in [0.2, 0.25) is 5.91 Å². The van der Waals surface area contributed by atoms with Gasteiger partial charge in [0.05, 0.1) is 18.5 Å². The summed E-state index contributed by atoms with van der Waals surface area (Å²) in [4.78, 5) is 21.7. The number of rotatable bonds is 5. The van der Waals surface area contributed by atoms with Crippen LogP contribution in [0.1, 0.15) is 29.0 Å². The molecule has 4 heterocycles. The monoisotopic (exact) mass is 409 g/mol. The highest BCUT2D eigenvalue weighted by molar-refractivity contribution is 7.11. The summed E-state index contributed by atoms with van der Waals surface area (Å²) >= 11 is 1.86. The van der Waals surface area contributed by atoms with Gasteiger partial charge >= 0.3 is 0 Å². The van der Waals surface area contributed by atoms with Crippen molar-refractivity contribution in [1.29, 1.82) is 0 Å². The molecule has 1 aromatic carbocycles. The van der Waals surface area contributed by atoms with Crippen LogP contribution in [0.25, 0.3) is 11.0 Å². The van der Waals surface area contributed by atoms with Crippen molar-refractivity contribution in [3.05, 3.63) is 52.4 Å². The van der Waals surface area contributed by atoms with E-state index < -0.39 is 0 Å². The quantitative estimate of drug-likeness (QED) is 0.629. The van der Waals surface area contributed by atoms with Gasteiger partial charge in [0.1, 0.15) is 0 Å². The zero-order chi connectivity index (χ0) is 19.6. The molecule has 5 rings (SSSR count). The molecule has 5 nitrogen and oxygen atoms in total. The maximum atomic E-state index is 12.0. The smallest absolute Gasteiger partial charge is 0.222 e. The summed E-state index contributed by atoms with van der Waals surface area (Å²) < 4.78 is 5.72. The first-order valence-corrected chi connectivity index (χ1v) is 11.4. The van der Waals surface area contributed by atoms with E-state index in [2.05, 4.69) is 40.1 Å². The molecule has 2 aliphatic rings. The van der Waals surface area contributed by atoms with Crippen molar-refractivity contribution in [2.24, 2.45) is 0 Å². The van der Waals surface area contributed by atoms with Crippen LogP contribution in [0.2, 0.25) is 0 Å². The number of benzene rings is 1. The Morgan fingerprint density at radius 1 is 0.897 bits per heavy atom. The Morgan fingerprint density at radius 2 is 1.72 bits per heavy atom. The van der Waals surface area contributed by atoms with E-state index in [1.807, 2.05) is 22.3 Å². The van der Waals surface area contributed by atoms with Gasteiger partial charge in [-0.3, -0.25) is 9.69 Å². The number of hydrogen-bond acceptors (Lipinski definition) is 5. The van der Waals surface area contributed by atoms with Gasteiger partial charge in [0, 0.05) is 60.8 Å². The molecule has 1 amide bonds. The SMILES string of the molecule is O=C1CCCCN1Cc1ccc(CN2CCN(c3cccc4ccoc34)CC2)s1. The lowest BCUT2D eigenvalue weighted by molar-refractivity contribution is -0.133. The molecule has 29 heavy (non-hydrogen) atoms. The van der Waals surface area contributed by atoms with Gasteiger partial charge < -0.3 is 14.2 Å². The summed E-state index contributed by atoms with van der Waals surface area (Å²) in [6.07, 6.45) is 4.68. The van der Waals surface area contributed by atoms with Crippen molar-refractivity contribution in [1.82, 2.24) is 9.80 Å². The molecule has 0 radical (unpaired) electrons. The normalized spacial score (nSPS) is 18.7. The van der Waals surface area contributed by atoms with Gasteiger partial charge in [-0.25, -0.2) is 0 Å². The van der Waals surface area contributed by atoms with Crippen LogP contribution in [0.3, 0.4) is 0 Å². The van der Waals surface area contributed by atoms with Crippen molar-refractivity contribution < 1.29 is 9.21 Å². The summed E-state index contributed by atoms with van der Waals surface area (Å²) in [7, 11) is 0. The van der Waals surface area contributed by atoms with Crippen molar-refractivity contribution in [3.63, 3.8) is 0 Å². The van der Waals surface area contributed by atoms with Crippen LogP contribution in [-0.4, -0.2) is 48.4 Å². The van der Waals surface area contributed by atoms with E-state index in [1.165, 1.54) is 20.8 Å². The molecular weight excluding hydrogens is 382 g/mol. The molecule has 0 bridgehead atoms. The number of piperidine rings is 1. The predicted molar refractivity (Wildman–Crippen MR) is 117 cm³/mol. The second-order valence-corrected chi connectivity index (χ2v) is 9.27. The highest BCUT2D eigenvalue weighted by Crippen LogP contribution is 2.29. The first-order valence-electron chi connectivity index (χ1n) is 10.6. The van der Waals surface area contributed by atoms with E-state index in [0.29, 0.717) is 12.3 Å². The Kier molecular flexibility index (Phi) is 5.29. The largest absolute Gasteiger partial charge is 0.462 e. The average molecular weight is 410 g/mol. The zero-order valence-corrected chi connectivity index (χ0v) is 17.5.